The molecule has 0 bridgehead atoms. The number of amides is 1. The largest absolute Gasteiger partial charge is 0.465 e. The number of esters is 1. The average Bonchev–Trinajstić information content (AvgIpc) is 2.55. The van der Waals surface area contributed by atoms with Crippen molar-refractivity contribution < 1.29 is 14.3 Å². The molecule has 6 heteroatoms. The summed E-state index contributed by atoms with van der Waals surface area (Å²) in [7, 11) is 1.30. The van der Waals surface area contributed by atoms with E-state index in [0.717, 1.165) is 5.56 Å². The molecule has 118 valence electrons. The highest BCUT2D eigenvalue weighted by Crippen LogP contribution is 2.23. The van der Waals surface area contributed by atoms with Crippen molar-refractivity contribution >= 4 is 46.8 Å². The van der Waals surface area contributed by atoms with Gasteiger partial charge in [-0.3, -0.25) is 4.79 Å². The Kier molecular flexibility index (Phi) is 5.79. The molecule has 0 aromatic heterocycles. The quantitative estimate of drug-likeness (QED) is 0.656. The van der Waals surface area contributed by atoms with Crippen LogP contribution in [0.25, 0.3) is 6.08 Å². The van der Waals surface area contributed by atoms with Crippen molar-refractivity contribution in [2.24, 2.45) is 0 Å². The van der Waals surface area contributed by atoms with Crippen LogP contribution < -0.4 is 5.32 Å². The molecule has 2 rings (SSSR count). The fourth-order valence-electron chi connectivity index (χ4n) is 1.81. The minimum atomic E-state index is -0.465. The summed E-state index contributed by atoms with van der Waals surface area (Å²) in [5.74, 6) is -0.800. The molecule has 0 radical (unpaired) electrons. The van der Waals surface area contributed by atoms with E-state index < -0.39 is 5.97 Å². The normalized spacial score (nSPS) is 10.6. The number of ether oxygens (including phenoxy) is 1. The molecule has 0 heterocycles. The molecular weight excluding hydrogens is 337 g/mol. The minimum Gasteiger partial charge on any atom is -0.465 e. The maximum atomic E-state index is 11.9. The Labute approximate surface area is 143 Å². The fourth-order valence-corrected chi connectivity index (χ4v) is 2.12. The van der Waals surface area contributed by atoms with Gasteiger partial charge in [0, 0.05) is 11.8 Å². The molecule has 1 N–H and O–H groups in total. The predicted octanol–water partition coefficient (Wildman–Crippen LogP) is 4.43. The van der Waals surface area contributed by atoms with Crippen LogP contribution in [0.3, 0.4) is 0 Å². The highest BCUT2D eigenvalue weighted by Gasteiger charge is 2.06. The molecule has 0 unspecified atom stereocenters. The van der Waals surface area contributed by atoms with Crippen LogP contribution in [-0.2, 0) is 9.53 Å². The van der Waals surface area contributed by atoms with E-state index in [1.54, 1.807) is 42.5 Å². The summed E-state index contributed by atoms with van der Waals surface area (Å²) >= 11 is 11.7. The van der Waals surface area contributed by atoms with E-state index in [0.29, 0.717) is 21.3 Å². The Morgan fingerprint density at radius 1 is 1.09 bits per heavy atom. The molecule has 0 spiro atoms. The number of carbonyl (C=O) groups is 2. The first kappa shape index (κ1) is 17.1. The van der Waals surface area contributed by atoms with Gasteiger partial charge in [-0.15, -0.1) is 0 Å². The molecule has 1 amide bonds. The van der Waals surface area contributed by atoms with Gasteiger partial charge in [-0.05, 0) is 42.0 Å². The maximum absolute atomic E-state index is 11.9. The Morgan fingerprint density at radius 3 is 2.57 bits per heavy atom. The lowest BCUT2D eigenvalue weighted by Gasteiger charge is -2.04. The first-order valence-electron chi connectivity index (χ1n) is 6.62. The third kappa shape index (κ3) is 4.84. The van der Waals surface area contributed by atoms with Crippen LogP contribution in [0.5, 0.6) is 0 Å². The standard InChI is InChI=1S/C17H13Cl2NO3/c1-23-17(22)12-3-2-4-13(10-12)20-16(21)8-6-11-5-7-14(18)15(19)9-11/h2-10H,1H3,(H,20,21). The van der Waals surface area contributed by atoms with E-state index in [2.05, 4.69) is 10.1 Å². The molecule has 0 aliphatic rings. The van der Waals surface area contributed by atoms with Crippen molar-refractivity contribution in [3.63, 3.8) is 0 Å². The van der Waals surface area contributed by atoms with Gasteiger partial charge in [0.15, 0.2) is 0 Å². The van der Waals surface area contributed by atoms with Gasteiger partial charge in [-0.1, -0.05) is 35.3 Å². The third-order valence-electron chi connectivity index (χ3n) is 2.92. The zero-order chi connectivity index (χ0) is 16.8. The number of rotatable bonds is 4. The Morgan fingerprint density at radius 2 is 1.87 bits per heavy atom. The number of hydrogen-bond donors (Lipinski definition) is 1. The molecule has 0 aliphatic carbocycles. The highest BCUT2D eigenvalue weighted by molar-refractivity contribution is 6.42. The van der Waals surface area contributed by atoms with Gasteiger partial charge in [0.05, 0.1) is 22.7 Å². The smallest absolute Gasteiger partial charge is 0.337 e. The summed E-state index contributed by atoms with van der Waals surface area (Å²) in [6.45, 7) is 0. The van der Waals surface area contributed by atoms with Crippen LogP contribution in [0.15, 0.2) is 48.5 Å². The average molecular weight is 350 g/mol. The van der Waals surface area contributed by atoms with E-state index in [9.17, 15) is 9.59 Å². The number of anilines is 1. The summed E-state index contributed by atoms with van der Waals surface area (Å²) in [6, 6.07) is 11.5. The number of nitrogens with one attached hydrogen (secondary N) is 1. The zero-order valence-corrected chi connectivity index (χ0v) is 13.7. The van der Waals surface area contributed by atoms with Gasteiger partial charge in [-0.25, -0.2) is 4.79 Å². The van der Waals surface area contributed by atoms with Crippen molar-refractivity contribution in [1.82, 2.24) is 0 Å². The molecular formula is C17H13Cl2NO3. The lowest BCUT2D eigenvalue weighted by atomic mass is 10.2. The third-order valence-corrected chi connectivity index (χ3v) is 3.66. The first-order valence-corrected chi connectivity index (χ1v) is 7.37. The van der Waals surface area contributed by atoms with E-state index in [4.69, 9.17) is 23.2 Å². The minimum absolute atomic E-state index is 0.335. The second kappa shape index (κ2) is 7.81. The van der Waals surface area contributed by atoms with E-state index in [1.807, 2.05) is 0 Å². The number of methoxy groups -OCH3 is 1. The van der Waals surface area contributed by atoms with Crippen molar-refractivity contribution in [3.8, 4) is 0 Å². The molecule has 4 nitrogen and oxygen atoms in total. The Bertz CT molecular complexity index is 772. The second-order valence-corrected chi connectivity index (χ2v) is 5.38. The van der Waals surface area contributed by atoms with Crippen molar-refractivity contribution in [2.45, 2.75) is 0 Å². The molecule has 0 saturated heterocycles. The molecule has 0 fully saturated rings. The van der Waals surface area contributed by atoms with E-state index >= 15 is 0 Å². The van der Waals surface area contributed by atoms with Crippen LogP contribution in [0.4, 0.5) is 5.69 Å². The van der Waals surface area contributed by atoms with Crippen LogP contribution in [0, 0.1) is 0 Å². The van der Waals surface area contributed by atoms with Gasteiger partial charge in [0.1, 0.15) is 0 Å². The van der Waals surface area contributed by atoms with Crippen LogP contribution >= 0.6 is 23.2 Å². The molecule has 23 heavy (non-hydrogen) atoms. The van der Waals surface area contributed by atoms with Crippen LogP contribution in [0.2, 0.25) is 10.0 Å². The van der Waals surface area contributed by atoms with Gasteiger partial charge in [-0.2, -0.15) is 0 Å². The van der Waals surface area contributed by atoms with Gasteiger partial charge in [0.2, 0.25) is 5.91 Å². The summed E-state index contributed by atoms with van der Waals surface area (Å²) in [5.41, 5.74) is 1.60. The summed E-state index contributed by atoms with van der Waals surface area (Å²) < 4.78 is 4.63. The zero-order valence-electron chi connectivity index (χ0n) is 12.2. The second-order valence-electron chi connectivity index (χ2n) is 4.57. The number of hydrogen-bond acceptors (Lipinski definition) is 3. The van der Waals surface area contributed by atoms with E-state index in [1.165, 1.54) is 19.3 Å². The van der Waals surface area contributed by atoms with Crippen molar-refractivity contribution in [3.05, 3.63) is 69.7 Å². The Hall–Kier alpha value is -2.30. The molecule has 0 saturated carbocycles. The van der Waals surface area contributed by atoms with Gasteiger partial charge >= 0.3 is 5.97 Å². The van der Waals surface area contributed by atoms with Crippen LogP contribution in [0.1, 0.15) is 15.9 Å². The van der Waals surface area contributed by atoms with Gasteiger partial charge in [0.25, 0.3) is 0 Å². The summed E-state index contributed by atoms with van der Waals surface area (Å²) in [5, 5.41) is 3.53. The number of benzene rings is 2. The summed E-state index contributed by atoms with van der Waals surface area (Å²) in [6.07, 6.45) is 2.98. The van der Waals surface area contributed by atoms with Crippen LogP contribution in [-0.4, -0.2) is 19.0 Å². The lowest BCUT2D eigenvalue weighted by molar-refractivity contribution is -0.111. The van der Waals surface area contributed by atoms with Gasteiger partial charge < -0.3 is 10.1 Å². The maximum Gasteiger partial charge on any atom is 0.337 e. The van der Waals surface area contributed by atoms with Crippen molar-refractivity contribution in [1.29, 1.82) is 0 Å². The lowest BCUT2D eigenvalue weighted by Crippen LogP contribution is -2.09. The topological polar surface area (TPSA) is 55.4 Å². The number of halogens is 2. The first-order chi connectivity index (χ1) is 11.0. The predicted molar refractivity (Wildman–Crippen MR) is 91.9 cm³/mol. The molecule has 0 aliphatic heterocycles. The monoisotopic (exact) mass is 349 g/mol. The Balaban J connectivity index is 2.05. The SMILES string of the molecule is COC(=O)c1cccc(NC(=O)C=Cc2ccc(Cl)c(Cl)c2)c1. The summed E-state index contributed by atoms with van der Waals surface area (Å²) in [4.78, 5) is 23.4. The molecule has 2 aromatic carbocycles. The molecule has 0 atom stereocenters. The molecule has 2 aromatic rings. The van der Waals surface area contributed by atoms with E-state index in [-0.39, 0.29) is 5.91 Å². The highest BCUT2D eigenvalue weighted by atomic mass is 35.5. The fraction of sp³-hybridized carbons (Fsp3) is 0.0588. The number of carbonyl (C=O) groups excluding carboxylic acids is 2. The van der Waals surface area contributed by atoms with Crippen molar-refractivity contribution in [2.75, 3.05) is 12.4 Å².